The molecular formula is C14H13ClN2O3. The van der Waals surface area contributed by atoms with Gasteiger partial charge in [-0.15, -0.1) is 0 Å². The molecule has 5 nitrogen and oxygen atoms in total. The maximum Gasteiger partial charge on any atom is 0.331 e. The second kappa shape index (κ2) is 5.46. The summed E-state index contributed by atoms with van der Waals surface area (Å²) in [6.07, 6.45) is 1.29. The van der Waals surface area contributed by atoms with E-state index in [0.717, 1.165) is 10.1 Å². The van der Waals surface area contributed by atoms with Crippen molar-refractivity contribution in [3.63, 3.8) is 0 Å². The van der Waals surface area contributed by atoms with E-state index in [9.17, 15) is 14.4 Å². The first-order valence-corrected chi connectivity index (χ1v) is 6.34. The van der Waals surface area contributed by atoms with Crippen LogP contribution < -0.4 is 11.2 Å². The topological polar surface area (TPSA) is 61.1 Å². The van der Waals surface area contributed by atoms with Crippen LogP contribution in [0.1, 0.15) is 22.8 Å². The molecule has 0 saturated carbocycles. The first-order valence-electron chi connectivity index (χ1n) is 5.96. The zero-order valence-corrected chi connectivity index (χ0v) is 11.8. The van der Waals surface area contributed by atoms with Gasteiger partial charge in [-0.3, -0.25) is 18.7 Å². The molecule has 2 aromatic rings. The molecule has 0 amide bonds. The summed E-state index contributed by atoms with van der Waals surface area (Å²) >= 11 is 6.05. The Morgan fingerprint density at radius 3 is 2.50 bits per heavy atom. The number of hydrogen-bond donors (Lipinski definition) is 0. The molecule has 0 bridgehead atoms. The molecule has 0 aliphatic rings. The SMILES string of the molecule is CC(=O)c1cn(Cc2ccccc2Cl)c(=O)n(C)c1=O. The zero-order valence-electron chi connectivity index (χ0n) is 11.1. The molecule has 0 fully saturated rings. The number of halogens is 1. The van der Waals surface area contributed by atoms with Crippen molar-refractivity contribution in [1.82, 2.24) is 9.13 Å². The van der Waals surface area contributed by atoms with Crippen LogP contribution in [0.3, 0.4) is 0 Å². The number of rotatable bonds is 3. The smallest absolute Gasteiger partial charge is 0.295 e. The van der Waals surface area contributed by atoms with Crippen LogP contribution in [0.15, 0.2) is 40.1 Å². The summed E-state index contributed by atoms with van der Waals surface area (Å²) in [6.45, 7) is 1.49. The molecule has 1 heterocycles. The van der Waals surface area contributed by atoms with Gasteiger partial charge in [0.05, 0.1) is 12.1 Å². The Morgan fingerprint density at radius 2 is 1.90 bits per heavy atom. The molecule has 0 radical (unpaired) electrons. The lowest BCUT2D eigenvalue weighted by molar-refractivity contribution is 0.101. The lowest BCUT2D eigenvalue weighted by Crippen LogP contribution is -2.40. The van der Waals surface area contributed by atoms with E-state index in [-0.39, 0.29) is 17.9 Å². The van der Waals surface area contributed by atoms with Crippen molar-refractivity contribution in [2.45, 2.75) is 13.5 Å². The summed E-state index contributed by atoms with van der Waals surface area (Å²) in [6, 6.07) is 7.10. The van der Waals surface area contributed by atoms with Crippen molar-refractivity contribution in [2.24, 2.45) is 7.05 Å². The lowest BCUT2D eigenvalue weighted by Gasteiger charge is -2.10. The third-order valence-electron chi connectivity index (χ3n) is 3.03. The molecule has 0 saturated heterocycles. The molecule has 0 N–H and O–H groups in total. The quantitative estimate of drug-likeness (QED) is 0.805. The van der Waals surface area contributed by atoms with E-state index >= 15 is 0 Å². The van der Waals surface area contributed by atoms with Crippen molar-refractivity contribution in [3.8, 4) is 0 Å². The van der Waals surface area contributed by atoms with E-state index in [1.165, 1.54) is 24.7 Å². The molecule has 0 aliphatic heterocycles. The minimum atomic E-state index is -0.585. The van der Waals surface area contributed by atoms with Crippen molar-refractivity contribution < 1.29 is 4.79 Å². The van der Waals surface area contributed by atoms with Crippen LogP contribution in [-0.4, -0.2) is 14.9 Å². The van der Waals surface area contributed by atoms with Crippen molar-refractivity contribution >= 4 is 17.4 Å². The summed E-state index contributed by atoms with van der Waals surface area (Å²) in [7, 11) is 1.35. The minimum Gasteiger partial charge on any atom is -0.295 e. The maximum atomic E-state index is 12.1. The van der Waals surface area contributed by atoms with Crippen LogP contribution in [0.2, 0.25) is 5.02 Å². The van der Waals surface area contributed by atoms with Crippen LogP contribution in [0.25, 0.3) is 0 Å². The van der Waals surface area contributed by atoms with E-state index in [0.29, 0.717) is 5.02 Å². The molecule has 0 aliphatic carbocycles. The minimum absolute atomic E-state index is 0.0147. The average Bonchev–Trinajstić information content (AvgIpc) is 2.41. The molecule has 0 spiro atoms. The monoisotopic (exact) mass is 292 g/mol. The van der Waals surface area contributed by atoms with Crippen LogP contribution in [0.5, 0.6) is 0 Å². The third kappa shape index (κ3) is 2.58. The highest BCUT2D eigenvalue weighted by atomic mass is 35.5. The summed E-state index contributed by atoms with van der Waals surface area (Å²) in [5.74, 6) is -0.376. The van der Waals surface area contributed by atoms with Gasteiger partial charge in [-0.25, -0.2) is 4.79 Å². The Labute approximate surface area is 120 Å². The number of Topliss-reactive ketones (excluding diaryl/α,β-unsaturated/α-hetero) is 1. The number of ketones is 1. The number of carbonyl (C=O) groups is 1. The lowest BCUT2D eigenvalue weighted by atomic mass is 10.2. The molecule has 0 atom stereocenters. The number of aromatic nitrogens is 2. The highest BCUT2D eigenvalue weighted by Gasteiger charge is 2.13. The number of hydrogen-bond acceptors (Lipinski definition) is 3. The average molecular weight is 293 g/mol. The van der Waals surface area contributed by atoms with Crippen LogP contribution in [0.4, 0.5) is 0 Å². The fourth-order valence-electron chi connectivity index (χ4n) is 1.89. The Kier molecular flexibility index (Phi) is 3.90. The Bertz CT molecular complexity index is 790. The Morgan fingerprint density at radius 1 is 1.25 bits per heavy atom. The van der Waals surface area contributed by atoms with E-state index in [2.05, 4.69) is 0 Å². The van der Waals surface area contributed by atoms with Gasteiger partial charge in [0.2, 0.25) is 0 Å². The van der Waals surface area contributed by atoms with Gasteiger partial charge >= 0.3 is 5.69 Å². The summed E-state index contributed by atoms with van der Waals surface area (Å²) in [5, 5.41) is 0.526. The highest BCUT2D eigenvalue weighted by molar-refractivity contribution is 6.31. The molecule has 104 valence electrons. The standard InChI is InChI=1S/C14H13ClN2O3/c1-9(18)11-8-17(14(20)16(2)13(11)19)7-10-5-3-4-6-12(10)15/h3-6,8H,7H2,1-2H3. The van der Waals surface area contributed by atoms with Gasteiger partial charge in [0.25, 0.3) is 5.56 Å². The largest absolute Gasteiger partial charge is 0.331 e. The summed E-state index contributed by atoms with van der Waals surface area (Å²) in [5.41, 5.74) is -0.346. The van der Waals surface area contributed by atoms with E-state index in [1.807, 2.05) is 0 Å². The van der Waals surface area contributed by atoms with Gasteiger partial charge in [-0.2, -0.15) is 0 Å². The molecule has 0 unspecified atom stereocenters. The molecule has 1 aromatic heterocycles. The van der Waals surface area contributed by atoms with Gasteiger partial charge in [0, 0.05) is 18.3 Å². The van der Waals surface area contributed by atoms with Crippen molar-refractivity contribution in [3.05, 3.63) is 67.4 Å². The number of benzene rings is 1. The summed E-state index contributed by atoms with van der Waals surface area (Å²) < 4.78 is 2.23. The van der Waals surface area contributed by atoms with Gasteiger partial charge in [-0.05, 0) is 18.6 Å². The second-order valence-electron chi connectivity index (χ2n) is 4.47. The summed E-state index contributed by atoms with van der Waals surface area (Å²) in [4.78, 5) is 35.3. The fraction of sp³-hybridized carbons (Fsp3) is 0.214. The predicted octanol–water partition coefficient (Wildman–Crippen LogP) is 1.45. The molecular weight excluding hydrogens is 280 g/mol. The van der Waals surface area contributed by atoms with Gasteiger partial charge in [-0.1, -0.05) is 29.8 Å². The Balaban J connectivity index is 2.59. The van der Waals surface area contributed by atoms with Crippen molar-refractivity contribution in [2.75, 3.05) is 0 Å². The number of carbonyl (C=O) groups excluding carboxylic acids is 1. The van der Waals surface area contributed by atoms with E-state index in [4.69, 9.17) is 11.6 Å². The molecule has 20 heavy (non-hydrogen) atoms. The number of nitrogens with zero attached hydrogens (tertiary/aromatic N) is 2. The van der Waals surface area contributed by atoms with Gasteiger partial charge in [0.1, 0.15) is 0 Å². The van der Waals surface area contributed by atoms with Crippen LogP contribution >= 0.6 is 11.6 Å². The molecule has 6 heteroatoms. The van der Waals surface area contributed by atoms with Crippen LogP contribution in [-0.2, 0) is 13.6 Å². The molecule has 2 rings (SSSR count). The zero-order chi connectivity index (χ0) is 14.9. The first kappa shape index (κ1) is 14.3. The van der Waals surface area contributed by atoms with Gasteiger partial charge in [0.15, 0.2) is 5.78 Å². The highest BCUT2D eigenvalue weighted by Crippen LogP contribution is 2.15. The second-order valence-corrected chi connectivity index (χ2v) is 4.87. The Hall–Kier alpha value is -2.14. The van der Waals surface area contributed by atoms with Crippen LogP contribution in [0, 0.1) is 0 Å². The third-order valence-corrected chi connectivity index (χ3v) is 3.40. The first-order chi connectivity index (χ1) is 9.41. The van der Waals surface area contributed by atoms with Crippen molar-refractivity contribution in [1.29, 1.82) is 0 Å². The van der Waals surface area contributed by atoms with E-state index in [1.54, 1.807) is 24.3 Å². The molecule has 1 aromatic carbocycles. The fourth-order valence-corrected chi connectivity index (χ4v) is 2.09. The van der Waals surface area contributed by atoms with E-state index < -0.39 is 11.2 Å². The maximum absolute atomic E-state index is 12.1. The van der Waals surface area contributed by atoms with Gasteiger partial charge < -0.3 is 0 Å². The predicted molar refractivity (Wildman–Crippen MR) is 76.5 cm³/mol. The normalized spacial score (nSPS) is 10.6.